The first-order chi connectivity index (χ1) is 7.36. The van der Waals surface area contributed by atoms with Crippen LogP contribution in [0.15, 0.2) is 18.7 Å². The molecule has 0 aliphatic rings. The van der Waals surface area contributed by atoms with E-state index in [0.29, 0.717) is 0 Å². The lowest BCUT2D eigenvalue weighted by Crippen LogP contribution is -2.31. The minimum atomic E-state index is 0.821. The lowest BCUT2D eigenvalue weighted by molar-refractivity contribution is -0.697. The van der Waals surface area contributed by atoms with Gasteiger partial charge in [0, 0.05) is 40.3 Å². The molecule has 0 saturated carbocycles. The summed E-state index contributed by atoms with van der Waals surface area (Å²) in [5.74, 6) is 0. The van der Waals surface area contributed by atoms with Gasteiger partial charge < -0.3 is 9.47 Å². The van der Waals surface area contributed by atoms with Gasteiger partial charge in [0.1, 0.15) is 12.4 Å². The smallest absolute Gasteiger partial charge is 0.243 e. The molecular weight excluding hydrogens is 192 g/mol. The topological polar surface area (TPSA) is 27.3 Å². The van der Waals surface area contributed by atoms with Gasteiger partial charge >= 0.3 is 0 Å². The van der Waals surface area contributed by atoms with Crippen molar-refractivity contribution in [2.75, 3.05) is 27.4 Å². The van der Waals surface area contributed by atoms with E-state index < -0.39 is 0 Å². The minimum Gasteiger partial charge on any atom is -0.385 e. The fourth-order valence-corrected chi connectivity index (χ4v) is 1.49. The molecule has 0 aliphatic carbocycles. The summed E-state index contributed by atoms with van der Waals surface area (Å²) in [6.45, 7) is 3.68. The summed E-state index contributed by atoms with van der Waals surface area (Å²) in [4.78, 5) is 0. The van der Waals surface area contributed by atoms with E-state index in [-0.39, 0.29) is 0 Å². The van der Waals surface area contributed by atoms with E-state index in [9.17, 15) is 0 Å². The highest BCUT2D eigenvalue weighted by atomic mass is 16.5. The summed E-state index contributed by atoms with van der Waals surface area (Å²) >= 11 is 0. The molecule has 0 aliphatic heterocycles. The second kappa shape index (κ2) is 7.43. The van der Waals surface area contributed by atoms with Gasteiger partial charge in [-0.05, 0) is 0 Å². The van der Waals surface area contributed by atoms with Gasteiger partial charge in [0.05, 0.1) is 13.1 Å². The number of aromatic nitrogens is 2. The number of hydrogen-bond donors (Lipinski definition) is 0. The molecule has 1 aromatic rings. The highest BCUT2D eigenvalue weighted by Gasteiger charge is 2.02. The van der Waals surface area contributed by atoms with Crippen LogP contribution in [0.25, 0.3) is 0 Å². The zero-order valence-electron chi connectivity index (χ0n) is 9.69. The first-order valence-corrected chi connectivity index (χ1v) is 5.39. The molecule has 0 spiro atoms. The van der Waals surface area contributed by atoms with Gasteiger partial charge in [0.15, 0.2) is 0 Å². The van der Waals surface area contributed by atoms with Gasteiger partial charge in [-0.2, -0.15) is 0 Å². The molecule has 1 heterocycles. The van der Waals surface area contributed by atoms with Crippen LogP contribution in [0.1, 0.15) is 12.8 Å². The van der Waals surface area contributed by atoms with Gasteiger partial charge in [-0.3, -0.25) is 0 Å². The van der Waals surface area contributed by atoms with Crippen molar-refractivity contribution in [2.45, 2.75) is 25.9 Å². The van der Waals surface area contributed by atoms with E-state index in [4.69, 9.17) is 9.47 Å². The predicted octanol–water partition coefficient (Wildman–Crippen LogP) is 0.849. The lowest BCUT2D eigenvalue weighted by Gasteiger charge is -1.97. The van der Waals surface area contributed by atoms with Gasteiger partial charge in [-0.15, -0.1) is 0 Å². The highest BCUT2D eigenvalue weighted by Crippen LogP contribution is 1.90. The highest BCUT2D eigenvalue weighted by molar-refractivity contribution is 4.65. The summed E-state index contributed by atoms with van der Waals surface area (Å²) in [7, 11) is 3.47. The first kappa shape index (κ1) is 12.2. The average molecular weight is 213 g/mol. The zero-order chi connectivity index (χ0) is 10.9. The molecule has 86 valence electrons. The third-order valence-electron chi connectivity index (χ3n) is 2.28. The number of aryl methyl sites for hydroxylation is 2. The van der Waals surface area contributed by atoms with Crippen molar-refractivity contribution in [2.24, 2.45) is 0 Å². The van der Waals surface area contributed by atoms with Gasteiger partial charge in [-0.25, -0.2) is 9.13 Å². The third kappa shape index (κ3) is 4.95. The van der Waals surface area contributed by atoms with Crippen molar-refractivity contribution >= 4 is 0 Å². The Bertz CT molecular complexity index is 236. The fourth-order valence-electron chi connectivity index (χ4n) is 1.49. The number of hydrogen-bond acceptors (Lipinski definition) is 2. The monoisotopic (exact) mass is 213 g/mol. The summed E-state index contributed by atoms with van der Waals surface area (Å²) < 4.78 is 14.4. The zero-order valence-corrected chi connectivity index (χ0v) is 9.69. The first-order valence-electron chi connectivity index (χ1n) is 5.39. The molecule has 1 aromatic heterocycles. The quantitative estimate of drug-likeness (QED) is 0.473. The molecule has 0 saturated heterocycles. The number of imidazole rings is 1. The standard InChI is InChI=1S/C11H21N2O2/c1-14-9-3-5-12-7-8-13(11-12)6-4-10-15-2/h7-8,11H,3-6,9-10H2,1-2H3/q+1. The van der Waals surface area contributed by atoms with E-state index in [1.165, 1.54) is 0 Å². The fraction of sp³-hybridized carbons (Fsp3) is 0.727. The van der Waals surface area contributed by atoms with Crippen LogP contribution in [0.3, 0.4) is 0 Å². The van der Waals surface area contributed by atoms with Gasteiger partial charge in [0.2, 0.25) is 6.33 Å². The SMILES string of the molecule is COCCCn1cc[n+](CCCOC)c1. The Morgan fingerprint density at radius 3 is 2.60 bits per heavy atom. The van der Waals surface area contributed by atoms with E-state index in [1.54, 1.807) is 14.2 Å². The van der Waals surface area contributed by atoms with Crippen molar-refractivity contribution in [1.29, 1.82) is 0 Å². The number of methoxy groups -OCH3 is 2. The van der Waals surface area contributed by atoms with Crippen molar-refractivity contribution in [3.63, 3.8) is 0 Å². The maximum absolute atomic E-state index is 5.01. The molecule has 0 aromatic carbocycles. The number of rotatable bonds is 8. The Morgan fingerprint density at radius 2 is 1.87 bits per heavy atom. The number of ether oxygens (including phenoxy) is 2. The van der Waals surface area contributed by atoms with Crippen molar-refractivity contribution in [3.8, 4) is 0 Å². The maximum Gasteiger partial charge on any atom is 0.243 e. The molecule has 4 heteroatoms. The Morgan fingerprint density at radius 1 is 1.13 bits per heavy atom. The molecule has 1 rings (SSSR count). The van der Waals surface area contributed by atoms with E-state index in [0.717, 1.165) is 39.1 Å². The van der Waals surface area contributed by atoms with Gasteiger partial charge in [-0.1, -0.05) is 0 Å². The molecule has 0 unspecified atom stereocenters. The van der Waals surface area contributed by atoms with Crippen LogP contribution in [-0.4, -0.2) is 32.0 Å². The van der Waals surface area contributed by atoms with Crippen molar-refractivity contribution in [1.82, 2.24) is 4.57 Å². The lowest BCUT2D eigenvalue weighted by atomic mass is 10.4. The molecule has 0 atom stereocenters. The third-order valence-corrected chi connectivity index (χ3v) is 2.28. The molecule has 0 bridgehead atoms. The minimum absolute atomic E-state index is 0.821. The van der Waals surface area contributed by atoms with Crippen LogP contribution in [0.5, 0.6) is 0 Å². The summed E-state index contributed by atoms with van der Waals surface area (Å²) in [5.41, 5.74) is 0. The maximum atomic E-state index is 5.01. The number of nitrogens with zero attached hydrogens (tertiary/aromatic N) is 2. The molecule has 0 N–H and O–H groups in total. The van der Waals surface area contributed by atoms with Crippen LogP contribution in [0.4, 0.5) is 0 Å². The largest absolute Gasteiger partial charge is 0.385 e. The van der Waals surface area contributed by atoms with Crippen LogP contribution >= 0.6 is 0 Å². The normalized spacial score (nSPS) is 10.8. The Labute approximate surface area is 91.4 Å². The Balaban J connectivity index is 2.23. The van der Waals surface area contributed by atoms with Crippen LogP contribution in [0, 0.1) is 0 Å². The molecule has 4 nitrogen and oxygen atoms in total. The molecular formula is C11H21N2O2+. The molecule has 0 fully saturated rings. The van der Waals surface area contributed by atoms with Crippen molar-refractivity contribution < 1.29 is 14.0 Å². The Hall–Kier alpha value is -0.870. The average Bonchev–Trinajstić information content (AvgIpc) is 2.67. The summed E-state index contributed by atoms with van der Waals surface area (Å²) in [6.07, 6.45) is 8.45. The van der Waals surface area contributed by atoms with Crippen LogP contribution in [-0.2, 0) is 22.6 Å². The van der Waals surface area contributed by atoms with Crippen molar-refractivity contribution in [3.05, 3.63) is 18.7 Å². The summed E-state index contributed by atoms with van der Waals surface area (Å²) in [5, 5.41) is 0. The second-order valence-corrected chi connectivity index (χ2v) is 3.58. The van der Waals surface area contributed by atoms with E-state index in [2.05, 4.69) is 27.9 Å². The predicted molar refractivity (Wildman–Crippen MR) is 57.6 cm³/mol. The Kier molecular flexibility index (Phi) is 6.04. The van der Waals surface area contributed by atoms with E-state index in [1.807, 2.05) is 0 Å². The molecule has 15 heavy (non-hydrogen) atoms. The molecule has 0 radical (unpaired) electrons. The van der Waals surface area contributed by atoms with Crippen LogP contribution < -0.4 is 4.57 Å². The van der Waals surface area contributed by atoms with E-state index >= 15 is 0 Å². The second-order valence-electron chi connectivity index (χ2n) is 3.58. The van der Waals surface area contributed by atoms with Gasteiger partial charge in [0.25, 0.3) is 0 Å². The van der Waals surface area contributed by atoms with Crippen LogP contribution in [0.2, 0.25) is 0 Å². The molecule has 0 amide bonds. The summed E-state index contributed by atoms with van der Waals surface area (Å²) in [6, 6.07) is 0.